The van der Waals surface area contributed by atoms with Gasteiger partial charge in [0.1, 0.15) is 21.2 Å². The molecule has 0 aliphatic carbocycles. The van der Waals surface area contributed by atoms with Crippen molar-refractivity contribution in [2.24, 2.45) is 0 Å². The number of carbonyl (C=O) groups excluding carboxylic acids is 2. The molecule has 3 amide bonds. The van der Waals surface area contributed by atoms with Gasteiger partial charge in [-0.25, -0.2) is 9.78 Å². The van der Waals surface area contributed by atoms with Crippen molar-refractivity contribution >= 4 is 50.6 Å². The number of urea groups is 1. The number of hydrogen-bond acceptors (Lipinski definition) is 7. The van der Waals surface area contributed by atoms with E-state index in [2.05, 4.69) is 25.9 Å². The van der Waals surface area contributed by atoms with Crippen molar-refractivity contribution in [1.82, 2.24) is 20.6 Å². The van der Waals surface area contributed by atoms with Crippen LogP contribution in [0.1, 0.15) is 28.1 Å². The fourth-order valence-corrected chi connectivity index (χ4v) is 5.72. The molecule has 0 spiro atoms. The minimum Gasteiger partial charge on any atom is -0.457 e. The summed E-state index contributed by atoms with van der Waals surface area (Å²) in [5.41, 5.74) is 2.80. The molecule has 0 unspecified atom stereocenters. The lowest BCUT2D eigenvalue weighted by atomic mass is 10.1. The Bertz CT molecular complexity index is 1470. The summed E-state index contributed by atoms with van der Waals surface area (Å²) < 4.78 is 5.92. The van der Waals surface area contributed by atoms with E-state index < -0.39 is 0 Å². The zero-order chi connectivity index (χ0) is 24.6. The Labute approximate surface area is 211 Å². The van der Waals surface area contributed by atoms with Crippen LogP contribution in [0.3, 0.4) is 0 Å². The second-order valence-electron chi connectivity index (χ2n) is 8.83. The Hall–Kier alpha value is -4.02. The molecule has 2 aliphatic rings. The lowest BCUT2D eigenvalue weighted by molar-refractivity contribution is 0.0935. The number of aromatic nitrogens is 2. The summed E-state index contributed by atoms with van der Waals surface area (Å²) in [4.78, 5) is 37.9. The molecule has 3 N–H and O–H groups in total. The molecule has 9 nitrogen and oxygen atoms in total. The van der Waals surface area contributed by atoms with Gasteiger partial charge in [0.25, 0.3) is 5.91 Å². The number of nitrogens with one attached hydrogen (secondary N) is 3. The monoisotopic (exact) mass is 500 g/mol. The van der Waals surface area contributed by atoms with Crippen molar-refractivity contribution in [3.8, 4) is 11.5 Å². The molecule has 1 atom stereocenters. The molecule has 6 rings (SSSR count). The minimum absolute atomic E-state index is 0.0717. The molecule has 2 aliphatic heterocycles. The normalized spacial score (nSPS) is 17.1. The third-order valence-electron chi connectivity index (χ3n) is 6.38. The lowest BCUT2D eigenvalue weighted by Gasteiger charge is -2.30. The van der Waals surface area contributed by atoms with Crippen LogP contribution in [0.25, 0.3) is 10.2 Å². The zero-order valence-electron chi connectivity index (χ0n) is 19.6. The highest BCUT2D eigenvalue weighted by Crippen LogP contribution is 2.46. The third-order valence-corrected chi connectivity index (χ3v) is 7.48. The smallest absolute Gasteiger partial charge is 0.331 e. The van der Waals surface area contributed by atoms with Crippen LogP contribution in [0.15, 0.2) is 55.0 Å². The second kappa shape index (κ2) is 9.21. The Morgan fingerprint density at radius 2 is 2.00 bits per heavy atom. The quantitative estimate of drug-likeness (QED) is 0.358. The van der Waals surface area contributed by atoms with E-state index in [1.165, 1.54) is 11.3 Å². The van der Waals surface area contributed by atoms with Crippen LogP contribution in [0.5, 0.6) is 11.5 Å². The molecule has 182 valence electrons. The number of aryl methyl sites for hydroxylation is 1. The SMILES string of the molecule is Cc1cc(Oc2ccncc2)ccc1N1C(=O)Nc2c(C(=O)N[C@@H]3CCCNC3)sc3nccc1c23. The average molecular weight is 501 g/mol. The highest BCUT2D eigenvalue weighted by atomic mass is 32.1. The van der Waals surface area contributed by atoms with E-state index in [1.807, 2.05) is 31.2 Å². The number of rotatable bonds is 5. The highest BCUT2D eigenvalue weighted by molar-refractivity contribution is 7.21. The molecule has 1 aromatic carbocycles. The van der Waals surface area contributed by atoms with Gasteiger partial charge in [-0.1, -0.05) is 0 Å². The summed E-state index contributed by atoms with van der Waals surface area (Å²) >= 11 is 1.30. The van der Waals surface area contributed by atoms with Crippen molar-refractivity contribution in [2.45, 2.75) is 25.8 Å². The van der Waals surface area contributed by atoms with Crippen LogP contribution in [0, 0.1) is 6.92 Å². The Morgan fingerprint density at radius 1 is 1.14 bits per heavy atom. The number of carbonyl (C=O) groups is 2. The van der Waals surface area contributed by atoms with Crippen LogP contribution in [0.2, 0.25) is 0 Å². The second-order valence-corrected chi connectivity index (χ2v) is 9.83. The molecular weight excluding hydrogens is 476 g/mol. The Morgan fingerprint density at radius 3 is 2.78 bits per heavy atom. The van der Waals surface area contributed by atoms with Crippen molar-refractivity contribution in [2.75, 3.05) is 23.3 Å². The molecular formula is C26H24N6O3S. The maximum absolute atomic E-state index is 13.4. The van der Waals surface area contributed by atoms with Crippen LogP contribution in [0.4, 0.5) is 21.9 Å². The molecule has 4 aromatic rings. The number of anilines is 3. The van der Waals surface area contributed by atoms with Crippen LogP contribution in [-0.2, 0) is 0 Å². The molecule has 3 aromatic heterocycles. The maximum Gasteiger partial charge on any atom is 0.331 e. The number of ether oxygens (including phenoxy) is 1. The highest BCUT2D eigenvalue weighted by Gasteiger charge is 2.33. The van der Waals surface area contributed by atoms with Gasteiger partial charge >= 0.3 is 6.03 Å². The summed E-state index contributed by atoms with van der Waals surface area (Å²) in [6, 6.07) is 10.7. The van der Waals surface area contributed by atoms with E-state index in [-0.39, 0.29) is 18.0 Å². The predicted octanol–water partition coefficient (Wildman–Crippen LogP) is 4.96. The summed E-state index contributed by atoms with van der Waals surface area (Å²) in [6.07, 6.45) is 6.97. The largest absolute Gasteiger partial charge is 0.457 e. The molecule has 0 bridgehead atoms. The zero-order valence-corrected chi connectivity index (χ0v) is 20.4. The van der Waals surface area contributed by atoms with Gasteiger partial charge in [-0.15, -0.1) is 11.3 Å². The standard InChI is InChI=1S/C26H24N6O3S/c1-15-13-18(35-17-6-10-27-11-7-17)4-5-19(15)32-20-8-12-29-25-21(20)22(31-26(32)34)23(36-25)24(33)30-16-3-2-9-28-14-16/h4-8,10-13,16,28H,2-3,9,14H2,1H3,(H,30,33)(H,31,34)/t16-/m1/s1. The van der Waals surface area contributed by atoms with Crippen molar-refractivity contribution in [1.29, 1.82) is 0 Å². The molecule has 36 heavy (non-hydrogen) atoms. The molecule has 5 heterocycles. The van der Waals surface area contributed by atoms with E-state index in [4.69, 9.17) is 4.74 Å². The predicted molar refractivity (Wildman–Crippen MR) is 140 cm³/mol. The van der Waals surface area contributed by atoms with Gasteiger partial charge < -0.3 is 20.7 Å². The van der Waals surface area contributed by atoms with Crippen LogP contribution in [-0.4, -0.2) is 41.0 Å². The van der Waals surface area contributed by atoms with E-state index in [9.17, 15) is 9.59 Å². The summed E-state index contributed by atoms with van der Waals surface area (Å²) in [6.45, 7) is 3.65. The first kappa shape index (κ1) is 22.4. The first-order valence-corrected chi connectivity index (χ1v) is 12.6. The number of thiophene rings is 1. The number of nitrogens with zero attached hydrogens (tertiary/aromatic N) is 3. The van der Waals surface area contributed by atoms with Crippen LogP contribution >= 0.6 is 11.3 Å². The number of hydrogen-bond donors (Lipinski definition) is 3. The minimum atomic E-state index is -0.326. The molecule has 1 saturated heterocycles. The Balaban J connectivity index is 1.34. The molecule has 0 radical (unpaired) electrons. The molecule has 10 heteroatoms. The van der Waals surface area contributed by atoms with E-state index in [1.54, 1.807) is 35.6 Å². The summed E-state index contributed by atoms with van der Waals surface area (Å²) in [5.74, 6) is 1.16. The fourth-order valence-electron chi connectivity index (χ4n) is 4.69. The number of pyridine rings is 2. The van der Waals surface area contributed by atoms with Gasteiger partial charge in [0.15, 0.2) is 0 Å². The van der Waals surface area contributed by atoms with Gasteiger partial charge in [-0.05, 0) is 68.3 Å². The van der Waals surface area contributed by atoms with Crippen molar-refractivity contribution in [3.05, 3.63) is 65.4 Å². The lowest BCUT2D eigenvalue weighted by Crippen LogP contribution is -2.45. The molecule has 0 saturated carbocycles. The maximum atomic E-state index is 13.4. The van der Waals surface area contributed by atoms with Crippen LogP contribution < -0.4 is 25.6 Å². The topological polar surface area (TPSA) is 108 Å². The summed E-state index contributed by atoms with van der Waals surface area (Å²) in [7, 11) is 0. The van der Waals surface area contributed by atoms with E-state index >= 15 is 0 Å². The van der Waals surface area contributed by atoms with Gasteiger partial charge in [0.2, 0.25) is 0 Å². The van der Waals surface area contributed by atoms with Gasteiger partial charge in [0.05, 0.1) is 22.4 Å². The van der Waals surface area contributed by atoms with E-state index in [0.29, 0.717) is 32.6 Å². The number of benzene rings is 1. The first-order chi connectivity index (χ1) is 17.6. The van der Waals surface area contributed by atoms with E-state index in [0.717, 1.165) is 42.6 Å². The Kier molecular flexibility index (Phi) is 5.74. The van der Waals surface area contributed by atoms with Gasteiger partial charge in [-0.2, -0.15) is 0 Å². The molecule has 1 fully saturated rings. The van der Waals surface area contributed by atoms with Crippen molar-refractivity contribution < 1.29 is 14.3 Å². The van der Waals surface area contributed by atoms with Gasteiger partial charge in [0, 0.05) is 31.2 Å². The first-order valence-electron chi connectivity index (χ1n) is 11.8. The number of amides is 3. The van der Waals surface area contributed by atoms with Crippen molar-refractivity contribution in [3.63, 3.8) is 0 Å². The van der Waals surface area contributed by atoms with Gasteiger partial charge in [-0.3, -0.25) is 14.7 Å². The number of piperidine rings is 1. The average Bonchev–Trinajstić information content (AvgIpc) is 3.26. The fraction of sp³-hybridized carbons (Fsp3) is 0.231. The summed E-state index contributed by atoms with van der Waals surface area (Å²) in [5, 5.41) is 10.1. The third kappa shape index (κ3) is 4.04.